The first kappa shape index (κ1) is 18.4. The fraction of sp³-hybridized carbons (Fsp3) is 0.190. The standard InChI is InChI=1S/C21H23N5O/c1-14-4-6-17(7-5-14)13-22-20-12-15(2)23-21(26-20)25-19-10-8-18(9-11-19)24-16(3)27/h4-12H,13H2,1-3H3,(H,24,27)(H2,22,23,25,26). The zero-order valence-electron chi connectivity index (χ0n) is 15.7. The summed E-state index contributed by atoms with van der Waals surface area (Å²) in [6.45, 7) is 6.19. The predicted molar refractivity (Wildman–Crippen MR) is 109 cm³/mol. The van der Waals surface area contributed by atoms with E-state index in [2.05, 4.69) is 57.1 Å². The van der Waals surface area contributed by atoms with Gasteiger partial charge in [-0.05, 0) is 43.7 Å². The molecule has 0 spiro atoms. The maximum Gasteiger partial charge on any atom is 0.229 e. The van der Waals surface area contributed by atoms with Gasteiger partial charge in [-0.25, -0.2) is 4.98 Å². The highest BCUT2D eigenvalue weighted by atomic mass is 16.1. The Kier molecular flexibility index (Phi) is 5.66. The molecule has 0 saturated heterocycles. The number of nitrogens with one attached hydrogen (secondary N) is 3. The molecule has 138 valence electrons. The average molecular weight is 361 g/mol. The molecule has 2 aromatic carbocycles. The number of aromatic nitrogens is 2. The summed E-state index contributed by atoms with van der Waals surface area (Å²) in [7, 11) is 0. The summed E-state index contributed by atoms with van der Waals surface area (Å²) < 4.78 is 0. The zero-order valence-corrected chi connectivity index (χ0v) is 15.7. The Labute approximate surface area is 159 Å². The van der Waals surface area contributed by atoms with Crippen LogP contribution in [0, 0.1) is 13.8 Å². The number of anilines is 4. The molecule has 27 heavy (non-hydrogen) atoms. The van der Waals surface area contributed by atoms with Crippen molar-refractivity contribution in [1.29, 1.82) is 0 Å². The zero-order chi connectivity index (χ0) is 19.2. The minimum absolute atomic E-state index is 0.0954. The molecule has 1 amide bonds. The lowest BCUT2D eigenvalue weighted by molar-refractivity contribution is -0.114. The molecule has 0 aliphatic heterocycles. The van der Waals surface area contributed by atoms with Crippen molar-refractivity contribution >= 4 is 29.0 Å². The molecule has 6 nitrogen and oxygen atoms in total. The Balaban J connectivity index is 1.67. The molecule has 0 aliphatic carbocycles. The van der Waals surface area contributed by atoms with Crippen molar-refractivity contribution in [2.45, 2.75) is 27.3 Å². The van der Waals surface area contributed by atoms with Crippen LogP contribution in [0.25, 0.3) is 0 Å². The molecular weight excluding hydrogens is 338 g/mol. The van der Waals surface area contributed by atoms with Crippen molar-refractivity contribution in [2.24, 2.45) is 0 Å². The highest BCUT2D eigenvalue weighted by Crippen LogP contribution is 2.19. The quantitative estimate of drug-likeness (QED) is 0.606. The molecule has 0 atom stereocenters. The summed E-state index contributed by atoms with van der Waals surface area (Å²) in [5, 5.41) is 9.28. The number of carbonyl (C=O) groups is 1. The number of amides is 1. The Hall–Kier alpha value is -3.41. The maximum absolute atomic E-state index is 11.1. The van der Waals surface area contributed by atoms with Crippen LogP contribution >= 0.6 is 0 Å². The van der Waals surface area contributed by atoms with Crippen molar-refractivity contribution in [3.63, 3.8) is 0 Å². The van der Waals surface area contributed by atoms with Gasteiger partial charge in [0.25, 0.3) is 0 Å². The smallest absolute Gasteiger partial charge is 0.229 e. The van der Waals surface area contributed by atoms with Crippen LogP contribution in [0.4, 0.5) is 23.1 Å². The van der Waals surface area contributed by atoms with E-state index in [1.165, 1.54) is 18.1 Å². The van der Waals surface area contributed by atoms with Crippen LogP contribution < -0.4 is 16.0 Å². The molecule has 3 N–H and O–H groups in total. The normalized spacial score (nSPS) is 10.3. The lowest BCUT2D eigenvalue weighted by atomic mass is 10.1. The molecule has 3 rings (SSSR count). The third-order valence-electron chi connectivity index (χ3n) is 3.91. The van der Waals surface area contributed by atoms with Crippen molar-refractivity contribution in [3.8, 4) is 0 Å². The first-order valence-electron chi connectivity index (χ1n) is 8.78. The first-order chi connectivity index (χ1) is 13.0. The Morgan fingerprint density at radius 1 is 0.926 bits per heavy atom. The van der Waals surface area contributed by atoms with E-state index in [1.807, 2.05) is 37.3 Å². The second-order valence-corrected chi connectivity index (χ2v) is 6.44. The van der Waals surface area contributed by atoms with E-state index in [4.69, 9.17) is 0 Å². The van der Waals surface area contributed by atoms with E-state index in [0.29, 0.717) is 12.5 Å². The van der Waals surface area contributed by atoms with Crippen molar-refractivity contribution in [2.75, 3.05) is 16.0 Å². The van der Waals surface area contributed by atoms with Crippen molar-refractivity contribution in [3.05, 3.63) is 71.4 Å². The van der Waals surface area contributed by atoms with Gasteiger partial charge >= 0.3 is 0 Å². The molecule has 0 saturated carbocycles. The van der Waals surface area contributed by atoms with Crippen LogP contribution in [0.3, 0.4) is 0 Å². The number of hydrogen-bond acceptors (Lipinski definition) is 5. The van der Waals surface area contributed by atoms with Crippen LogP contribution in [-0.2, 0) is 11.3 Å². The largest absolute Gasteiger partial charge is 0.366 e. The SMILES string of the molecule is CC(=O)Nc1ccc(Nc2nc(C)cc(NCc3ccc(C)cc3)n2)cc1. The van der Waals surface area contributed by atoms with Crippen LogP contribution in [0.5, 0.6) is 0 Å². The van der Waals surface area contributed by atoms with E-state index in [9.17, 15) is 4.79 Å². The lowest BCUT2D eigenvalue weighted by Crippen LogP contribution is -2.06. The molecule has 1 aromatic heterocycles. The molecule has 0 unspecified atom stereocenters. The van der Waals surface area contributed by atoms with Crippen LogP contribution in [0.15, 0.2) is 54.6 Å². The maximum atomic E-state index is 11.1. The number of hydrogen-bond donors (Lipinski definition) is 3. The molecule has 6 heteroatoms. The van der Waals surface area contributed by atoms with Gasteiger partial charge in [0.05, 0.1) is 0 Å². The topological polar surface area (TPSA) is 78.9 Å². The summed E-state index contributed by atoms with van der Waals surface area (Å²) in [6, 6.07) is 17.7. The van der Waals surface area contributed by atoms with E-state index in [1.54, 1.807) is 0 Å². The molecule has 0 aliphatic rings. The molecule has 1 heterocycles. The Bertz CT molecular complexity index is 920. The van der Waals surface area contributed by atoms with Gasteiger partial charge in [0.2, 0.25) is 11.9 Å². The van der Waals surface area contributed by atoms with Gasteiger partial charge in [0.15, 0.2) is 0 Å². The summed E-state index contributed by atoms with van der Waals surface area (Å²) >= 11 is 0. The van der Waals surface area contributed by atoms with Gasteiger partial charge in [-0.15, -0.1) is 0 Å². The molecule has 0 bridgehead atoms. The van der Waals surface area contributed by atoms with E-state index >= 15 is 0 Å². The van der Waals surface area contributed by atoms with E-state index in [-0.39, 0.29) is 5.91 Å². The number of nitrogens with zero attached hydrogens (tertiary/aromatic N) is 2. The van der Waals surface area contributed by atoms with Crippen LogP contribution in [0.2, 0.25) is 0 Å². The average Bonchev–Trinajstić information content (AvgIpc) is 2.62. The van der Waals surface area contributed by atoms with Gasteiger partial charge in [-0.1, -0.05) is 29.8 Å². The highest BCUT2D eigenvalue weighted by molar-refractivity contribution is 5.88. The Morgan fingerprint density at radius 2 is 1.59 bits per heavy atom. The second-order valence-electron chi connectivity index (χ2n) is 6.44. The fourth-order valence-electron chi connectivity index (χ4n) is 2.58. The summed E-state index contributed by atoms with van der Waals surface area (Å²) in [5.41, 5.74) is 4.90. The first-order valence-corrected chi connectivity index (χ1v) is 8.78. The Morgan fingerprint density at radius 3 is 2.26 bits per heavy atom. The van der Waals surface area contributed by atoms with Gasteiger partial charge in [-0.2, -0.15) is 4.98 Å². The molecule has 0 radical (unpaired) electrons. The highest BCUT2D eigenvalue weighted by Gasteiger charge is 2.04. The number of benzene rings is 2. The van der Waals surface area contributed by atoms with E-state index < -0.39 is 0 Å². The summed E-state index contributed by atoms with van der Waals surface area (Å²) in [5.74, 6) is 1.19. The van der Waals surface area contributed by atoms with Gasteiger partial charge < -0.3 is 16.0 Å². The lowest BCUT2D eigenvalue weighted by Gasteiger charge is -2.11. The summed E-state index contributed by atoms with van der Waals surface area (Å²) in [6.07, 6.45) is 0. The summed E-state index contributed by atoms with van der Waals surface area (Å²) in [4.78, 5) is 20.1. The minimum Gasteiger partial charge on any atom is -0.366 e. The third-order valence-corrected chi connectivity index (χ3v) is 3.91. The van der Waals surface area contributed by atoms with Gasteiger partial charge in [0.1, 0.15) is 5.82 Å². The second kappa shape index (κ2) is 8.31. The van der Waals surface area contributed by atoms with Crippen molar-refractivity contribution < 1.29 is 4.79 Å². The number of carbonyl (C=O) groups excluding carboxylic acids is 1. The number of rotatable bonds is 6. The van der Waals surface area contributed by atoms with Crippen LogP contribution in [-0.4, -0.2) is 15.9 Å². The minimum atomic E-state index is -0.0954. The molecule has 0 fully saturated rings. The van der Waals surface area contributed by atoms with Gasteiger partial charge in [0, 0.05) is 36.6 Å². The van der Waals surface area contributed by atoms with Crippen molar-refractivity contribution in [1.82, 2.24) is 9.97 Å². The molecular formula is C21H23N5O. The predicted octanol–water partition coefficient (Wildman–Crippen LogP) is 4.41. The number of aryl methyl sites for hydroxylation is 2. The van der Waals surface area contributed by atoms with Gasteiger partial charge in [-0.3, -0.25) is 4.79 Å². The monoisotopic (exact) mass is 361 g/mol. The third kappa shape index (κ3) is 5.54. The molecule has 3 aromatic rings. The fourth-order valence-corrected chi connectivity index (χ4v) is 2.58. The van der Waals surface area contributed by atoms with E-state index in [0.717, 1.165) is 22.9 Å². The van der Waals surface area contributed by atoms with Crippen LogP contribution in [0.1, 0.15) is 23.7 Å².